The van der Waals surface area contributed by atoms with Crippen LogP contribution in [0.3, 0.4) is 0 Å². The molecule has 0 bridgehead atoms. The highest BCUT2D eigenvalue weighted by molar-refractivity contribution is 5.73. The summed E-state index contributed by atoms with van der Waals surface area (Å²) in [6, 6.07) is 0.0157. The lowest BCUT2D eigenvalue weighted by Gasteiger charge is -2.07. The topological polar surface area (TPSA) is 41.1 Å². The van der Waals surface area contributed by atoms with Crippen LogP contribution in [0.1, 0.15) is 123 Å². The maximum atomic E-state index is 11.7. The fraction of sp³-hybridized carbons (Fsp3) is 0.955. The van der Waals surface area contributed by atoms with Gasteiger partial charge in [-0.25, -0.2) is 4.79 Å². The first-order chi connectivity index (χ1) is 12.3. The molecule has 150 valence electrons. The van der Waals surface area contributed by atoms with E-state index in [1.165, 1.54) is 96.3 Å². The predicted molar refractivity (Wildman–Crippen MR) is 111 cm³/mol. The number of rotatable bonds is 19. The molecule has 0 aromatic heterocycles. The van der Waals surface area contributed by atoms with Gasteiger partial charge in [-0.15, -0.1) is 0 Å². The Morgan fingerprint density at radius 2 is 0.760 bits per heavy atom. The van der Waals surface area contributed by atoms with E-state index in [2.05, 4.69) is 24.5 Å². The van der Waals surface area contributed by atoms with Crippen LogP contribution in [0, 0.1) is 0 Å². The number of nitrogens with one attached hydrogen (secondary N) is 2. The van der Waals surface area contributed by atoms with Crippen LogP contribution < -0.4 is 10.6 Å². The van der Waals surface area contributed by atoms with Crippen molar-refractivity contribution < 1.29 is 4.79 Å². The molecule has 0 fully saturated rings. The summed E-state index contributed by atoms with van der Waals surface area (Å²) in [6.07, 6.45) is 22.4. The minimum Gasteiger partial charge on any atom is -0.338 e. The molecule has 2 N–H and O–H groups in total. The highest BCUT2D eigenvalue weighted by Crippen LogP contribution is 2.10. The van der Waals surface area contributed by atoms with Gasteiger partial charge in [-0.2, -0.15) is 0 Å². The van der Waals surface area contributed by atoms with Gasteiger partial charge in [-0.3, -0.25) is 0 Å². The molecule has 0 atom stereocenters. The smallest absolute Gasteiger partial charge is 0.314 e. The summed E-state index contributed by atoms with van der Waals surface area (Å²) in [7, 11) is 0. The molecule has 0 radical (unpaired) electrons. The summed E-state index contributed by atoms with van der Waals surface area (Å²) in [5, 5.41) is 5.95. The third-order valence-corrected chi connectivity index (χ3v) is 4.88. The summed E-state index contributed by atoms with van der Waals surface area (Å²) in [5.74, 6) is 0. The van der Waals surface area contributed by atoms with Crippen molar-refractivity contribution in [1.82, 2.24) is 10.6 Å². The third kappa shape index (κ3) is 21.2. The number of carbonyl (C=O) groups excluding carboxylic acids is 1. The maximum absolute atomic E-state index is 11.7. The second-order valence-electron chi connectivity index (χ2n) is 7.49. The van der Waals surface area contributed by atoms with Crippen LogP contribution in [0.4, 0.5) is 4.79 Å². The zero-order valence-electron chi connectivity index (χ0n) is 17.3. The van der Waals surface area contributed by atoms with Gasteiger partial charge in [0, 0.05) is 13.1 Å². The first-order valence-corrected chi connectivity index (χ1v) is 11.3. The number of carbonyl (C=O) groups is 1. The van der Waals surface area contributed by atoms with Crippen LogP contribution in [0.15, 0.2) is 0 Å². The maximum Gasteiger partial charge on any atom is 0.314 e. The van der Waals surface area contributed by atoms with Gasteiger partial charge >= 0.3 is 6.03 Å². The molecule has 0 unspecified atom stereocenters. The molecule has 3 nitrogen and oxygen atoms in total. The molecule has 0 heterocycles. The molecule has 0 aromatic carbocycles. The van der Waals surface area contributed by atoms with Crippen LogP contribution in [0.2, 0.25) is 0 Å². The van der Waals surface area contributed by atoms with E-state index in [0.717, 1.165) is 25.9 Å². The van der Waals surface area contributed by atoms with Crippen molar-refractivity contribution in [1.29, 1.82) is 0 Å². The van der Waals surface area contributed by atoms with E-state index < -0.39 is 0 Å². The predicted octanol–water partition coefficient (Wildman–Crippen LogP) is 6.96. The monoisotopic (exact) mass is 354 g/mol. The van der Waals surface area contributed by atoms with E-state index in [-0.39, 0.29) is 6.03 Å². The van der Waals surface area contributed by atoms with E-state index in [1.807, 2.05) is 0 Å². The fourth-order valence-corrected chi connectivity index (χ4v) is 3.16. The lowest BCUT2D eigenvalue weighted by atomic mass is 10.1. The van der Waals surface area contributed by atoms with Crippen LogP contribution >= 0.6 is 0 Å². The molecular formula is C22H46N2O. The van der Waals surface area contributed by atoms with Crippen LogP contribution in [-0.2, 0) is 0 Å². The Kier molecular flexibility index (Phi) is 20.7. The Morgan fingerprint density at radius 1 is 0.480 bits per heavy atom. The van der Waals surface area contributed by atoms with Gasteiger partial charge in [0.15, 0.2) is 0 Å². The Labute approximate surface area is 158 Å². The lowest BCUT2D eigenvalue weighted by molar-refractivity contribution is 0.240. The van der Waals surface area contributed by atoms with E-state index >= 15 is 0 Å². The Bertz CT molecular complexity index is 269. The fourth-order valence-electron chi connectivity index (χ4n) is 3.16. The quantitative estimate of drug-likeness (QED) is 0.242. The molecule has 0 spiro atoms. The van der Waals surface area contributed by atoms with E-state index in [9.17, 15) is 4.79 Å². The standard InChI is InChI=1S/C22H46N2O/c1-3-5-7-9-11-12-13-15-17-19-21-24-22(25)23-20-18-16-14-10-8-6-4-2/h3-21H2,1-2H3,(H2,23,24,25). The number of amides is 2. The minimum atomic E-state index is 0.0157. The molecule has 0 aliphatic carbocycles. The van der Waals surface area contributed by atoms with Crippen molar-refractivity contribution >= 4 is 6.03 Å². The number of hydrogen-bond acceptors (Lipinski definition) is 1. The van der Waals surface area contributed by atoms with Gasteiger partial charge in [0.2, 0.25) is 0 Å². The lowest BCUT2D eigenvalue weighted by Crippen LogP contribution is -2.36. The Hall–Kier alpha value is -0.730. The second kappa shape index (κ2) is 21.3. The Morgan fingerprint density at radius 3 is 1.08 bits per heavy atom. The van der Waals surface area contributed by atoms with Crippen LogP contribution in [-0.4, -0.2) is 19.1 Å². The van der Waals surface area contributed by atoms with Gasteiger partial charge < -0.3 is 10.6 Å². The average molecular weight is 355 g/mol. The molecule has 0 aliphatic rings. The van der Waals surface area contributed by atoms with Gasteiger partial charge in [0.1, 0.15) is 0 Å². The molecule has 0 saturated heterocycles. The summed E-state index contributed by atoms with van der Waals surface area (Å²) in [5.41, 5.74) is 0. The van der Waals surface area contributed by atoms with E-state index in [1.54, 1.807) is 0 Å². The zero-order chi connectivity index (χ0) is 18.4. The minimum absolute atomic E-state index is 0.0157. The second-order valence-corrected chi connectivity index (χ2v) is 7.49. The van der Waals surface area contributed by atoms with Crippen molar-refractivity contribution in [2.75, 3.05) is 13.1 Å². The van der Waals surface area contributed by atoms with Crippen molar-refractivity contribution in [3.8, 4) is 0 Å². The van der Waals surface area contributed by atoms with Crippen molar-refractivity contribution in [3.05, 3.63) is 0 Å². The van der Waals surface area contributed by atoms with Crippen molar-refractivity contribution in [2.24, 2.45) is 0 Å². The first kappa shape index (κ1) is 24.3. The largest absolute Gasteiger partial charge is 0.338 e. The zero-order valence-corrected chi connectivity index (χ0v) is 17.3. The SMILES string of the molecule is CCCCCCCCCCCCNC(=O)NCCCCCCCCC. The Balaban J connectivity index is 3.13. The van der Waals surface area contributed by atoms with Crippen LogP contribution in [0.25, 0.3) is 0 Å². The molecule has 3 heteroatoms. The summed E-state index contributed by atoms with van der Waals surface area (Å²) in [4.78, 5) is 11.7. The summed E-state index contributed by atoms with van der Waals surface area (Å²) in [6.45, 7) is 6.15. The van der Waals surface area contributed by atoms with Gasteiger partial charge in [-0.05, 0) is 12.8 Å². The molecular weight excluding hydrogens is 308 g/mol. The molecule has 25 heavy (non-hydrogen) atoms. The van der Waals surface area contributed by atoms with E-state index in [4.69, 9.17) is 0 Å². The van der Waals surface area contributed by atoms with Gasteiger partial charge in [0.05, 0.1) is 0 Å². The first-order valence-electron chi connectivity index (χ1n) is 11.3. The third-order valence-electron chi connectivity index (χ3n) is 4.88. The normalized spacial score (nSPS) is 10.8. The summed E-state index contributed by atoms with van der Waals surface area (Å²) >= 11 is 0. The van der Waals surface area contributed by atoms with Gasteiger partial charge in [-0.1, -0.05) is 110 Å². The van der Waals surface area contributed by atoms with E-state index in [0.29, 0.717) is 0 Å². The van der Waals surface area contributed by atoms with Crippen molar-refractivity contribution in [2.45, 2.75) is 123 Å². The molecule has 2 amide bonds. The van der Waals surface area contributed by atoms with Crippen LogP contribution in [0.5, 0.6) is 0 Å². The highest BCUT2D eigenvalue weighted by Gasteiger charge is 1.99. The number of hydrogen-bond donors (Lipinski definition) is 2. The molecule has 0 saturated carbocycles. The average Bonchev–Trinajstić information content (AvgIpc) is 2.62. The molecule has 0 aliphatic heterocycles. The number of unbranched alkanes of at least 4 members (excludes halogenated alkanes) is 15. The van der Waals surface area contributed by atoms with Crippen molar-refractivity contribution in [3.63, 3.8) is 0 Å². The highest BCUT2D eigenvalue weighted by atomic mass is 16.2. The number of urea groups is 1. The molecule has 0 rings (SSSR count). The van der Waals surface area contributed by atoms with Gasteiger partial charge in [0.25, 0.3) is 0 Å². The molecule has 0 aromatic rings. The summed E-state index contributed by atoms with van der Waals surface area (Å²) < 4.78 is 0.